The highest BCUT2D eigenvalue weighted by atomic mass is 32.2. The molecule has 0 bridgehead atoms. The van der Waals surface area contributed by atoms with E-state index >= 15 is 0 Å². The van der Waals surface area contributed by atoms with Crippen LogP contribution in [0.5, 0.6) is 0 Å². The van der Waals surface area contributed by atoms with Gasteiger partial charge in [-0.05, 0) is 24.1 Å². The van der Waals surface area contributed by atoms with Crippen molar-refractivity contribution in [2.24, 2.45) is 5.14 Å². The van der Waals surface area contributed by atoms with Crippen LogP contribution in [-0.2, 0) is 21.4 Å². The molecule has 0 heterocycles. The molecule has 7 heteroatoms. The number of unbranched alkanes of at least 4 members (excludes halogenated alkanes) is 1. The van der Waals surface area contributed by atoms with Gasteiger partial charge in [0.2, 0.25) is 10.0 Å². The number of primary sulfonamides is 1. The third-order valence-corrected chi connectivity index (χ3v) is 3.74. The number of nitrogens with two attached hydrogens (primary N) is 1. The van der Waals surface area contributed by atoms with Crippen LogP contribution in [-0.4, -0.2) is 28.0 Å². The molecule has 6 nitrogen and oxygen atoms in total. The molecule has 1 amide bonds. The van der Waals surface area contributed by atoms with Crippen molar-refractivity contribution >= 4 is 15.9 Å². The molecule has 0 aromatic heterocycles. The monoisotopic (exact) mass is 300 g/mol. The smallest absolute Gasteiger partial charge is 0.251 e. The van der Waals surface area contributed by atoms with E-state index in [1.165, 1.54) is 19.2 Å². The van der Waals surface area contributed by atoms with Gasteiger partial charge in [0, 0.05) is 19.2 Å². The summed E-state index contributed by atoms with van der Waals surface area (Å²) in [6.45, 7) is 2.69. The SMILES string of the molecule is CCCCNC(=O)c1ccc(COC)c(S(N)(=O)=O)c1. The summed E-state index contributed by atoms with van der Waals surface area (Å²) >= 11 is 0. The van der Waals surface area contributed by atoms with Crippen LogP contribution in [0.25, 0.3) is 0 Å². The molecule has 3 N–H and O–H groups in total. The van der Waals surface area contributed by atoms with Crippen molar-refractivity contribution in [2.75, 3.05) is 13.7 Å². The second-order valence-electron chi connectivity index (χ2n) is 4.41. The van der Waals surface area contributed by atoms with Gasteiger partial charge >= 0.3 is 0 Å². The van der Waals surface area contributed by atoms with Gasteiger partial charge in [0.25, 0.3) is 5.91 Å². The quantitative estimate of drug-likeness (QED) is 0.734. The van der Waals surface area contributed by atoms with Crippen LogP contribution in [0, 0.1) is 0 Å². The van der Waals surface area contributed by atoms with Crippen LogP contribution in [0.3, 0.4) is 0 Å². The minimum Gasteiger partial charge on any atom is -0.380 e. The highest BCUT2D eigenvalue weighted by molar-refractivity contribution is 7.89. The van der Waals surface area contributed by atoms with Crippen LogP contribution < -0.4 is 10.5 Å². The largest absolute Gasteiger partial charge is 0.380 e. The van der Waals surface area contributed by atoms with Crippen LogP contribution in [0.15, 0.2) is 23.1 Å². The average Bonchev–Trinajstić information content (AvgIpc) is 2.38. The summed E-state index contributed by atoms with van der Waals surface area (Å²) in [6, 6.07) is 4.38. The Kier molecular flexibility index (Phi) is 6.12. The highest BCUT2D eigenvalue weighted by Gasteiger charge is 2.17. The zero-order valence-electron chi connectivity index (χ0n) is 11.7. The number of benzene rings is 1. The van der Waals surface area contributed by atoms with Gasteiger partial charge in [0.05, 0.1) is 11.5 Å². The molecular weight excluding hydrogens is 280 g/mol. The molecule has 0 spiro atoms. The average molecular weight is 300 g/mol. The number of amides is 1. The van der Waals surface area contributed by atoms with E-state index in [0.29, 0.717) is 12.1 Å². The third kappa shape index (κ3) is 4.59. The first-order valence-electron chi connectivity index (χ1n) is 6.33. The standard InChI is InChI=1S/C13H20N2O4S/c1-3-4-7-15-13(16)10-5-6-11(9-19-2)12(8-10)20(14,17)18/h5-6,8H,3-4,7,9H2,1-2H3,(H,15,16)(H2,14,17,18). The van der Waals surface area contributed by atoms with Gasteiger partial charge in [0.1, 0.15) is 0 Å². The van der Waals surface area contributed by atoms with E-state index in [9.17, 15) is 13.2 Å². The molecule has 112 valence electrons. The number of sulfonamides is 1. The Hall–Kier alpha value is -1.44. The van der Waals surface area contributed by atoms with Crippen molar-refractivity contribution in [3.63, 3.8) is 0 Å². The fraction of sp³-hybridized carbons (Fsp3) is 0.462. The van der Waals surface area contributed by atoms with Gasteiger partial charge in [-0.2, -0.15) is 0 Å². The summed E-state index contributed by atoms with van der Waals surface area (Å²) < 4.78 is 28.0. The number of ether oxygens (including phenoxy) is 1. The first kappa shape index (κ1) is 16.6. The van der Waals surface area contributed by atoms with Crippen LogP contribution in [0.4, 0.5) is 0 Å². The molecule has 0 saturated carbocycles. The van der Waals surface area contributed by atoms with Crippen LogP contribution >= 0.6 is 0 Å². The molecule has 0 unspecified atom stereocenters. The maximum absolute atomic E-state index is 11.9. The molecule has 0 aliphatic carbocycles. The van der Waals surface area contributed by atoms with E-state index in [-0.39, 0.29) is 23.0 Å². The van der Waals surface area contributed by atoms with Crippen molar-refractivity contribution < 1.29 is 17.9 Å². The van der Waals surface area contributed by atoms with Gasteiger partial charge in [-0.15, -0.1) is 0 Å². The first-order valence-corrected chi connectivity index (χ1v) is 7.87. The Morgan fingerprint density at radius 2 is 2.10 bits per heavy atom. The predicted molar refractivity (Wildman–Crippen MR) is 75.8 cm³/mol. The fourth-order valence-corrected chi connectivity index (χ4v) is 2.50. The number of hydrogen-bond donors (Lipinski definition) is 2. The molecule has 0 aliphatic heterocycles. The van der Waals surface area contributed by atoms with E-state index in [1.54, 1.807) is 6.07 Å². The lowest BCUT2D eigenvalue weighted by atomic mass is 10.1. The maximum atomic E-state index is 11.9. The summed E-state index contributed by atoms with van der Waals surface area (Å²) in [5, 5.41) is 7.89. The Bertz CT molecular complexity index is 570. The fourth-order valence-electron chi connectivity index (χ4n) is 1.72. The second kappa shape index (κ2) is 7.37. The number of carbonyl (C=O) groups is 1. The Balaban J connectivity index is 3.03. The van der Waals surface area contributed by atoms with Crippen molar-refractivity contribution in [2.45, 2.75) is 31.3 Å². The highest BCUT2D eigenvalue weighted by Crippen LogP contribution is 2.17. The Morgan fingerprint density at radius 3 is 2.65 bits per heavy atom. The predicted octanol–water partition coefficient (Wildman–Crippen LogP) is 1.01. The zero-order valence-corrected chi connectivity index (χ0v) is 12.5. The third-order valence-electron chi connectivity index (χ3n) is 2.75. The summed E-state index contributed by atoms with van der Waals surface area (Å²) in [5.41, 5.74) is 0.699. The number of carbonyl (C=O) groups excluding carboxylic acids is 1. The topological polar surface area (TPSA) is 98.5 Å². The molecule has 1 aromatic carbocycles. The van der Waals surface area contributed by atoms with Crippen LogP contribution in [0.1, 0.15) is 35.7 Å². The first-order chi connectivity index (χ1) is 9.40. The lowest BCUT2D eigenvalue weighted by molar-refractivity contribution is 0.0953. The van der Waals surface area contributed by atoms with Crippen LogP contribution in [0.2, 0.25) is 0 Å². The Morgan fingerprint density at radius 1 is 1.40 bits per heavy atom. The minimum atomic E-state index is -3.90. The second-order valence-corrected chi connectivity index (χ2v) is 5.94. The van der Waals surface area contributed by atoms with Crippen molar-refractivity contribution in [1.29, 1.82) is 0 Å². The van der Waals surface area contributed by atoms with Gasteiger partial charge in [-0.3, -0.25) is 4.79 Å². The van der Waals surface area contributed by atoms with Crippen molar-refractivity contribution in [1.82, 2.24) is 5.32 Å². The van der Waals surface area contributed by atoms with Gasteiger partial charge < -0.3 is 10.1 Å². The molecule has 1 aromatic rings. The molecule has 20 heavy (non-hydrogen) atoms. The van der Waals surface area contributed by atoms with E-state index in [1.807, 2.05) is 6.92 Å². The normalized spacial score (nSPS) is 11.3. The molecular formula is C13H20N2O4S. The van der Waals surface area contributed by atoms with Gasteiger partial charge in [0.15, 0.2) is 0 Å². The number of nitrogens with one attached hydrogen (secondary N) is 1. The lowest BCUT2D eigenvalue weighted by Crippen LogP contribution is -2.25. The summed E-state index contributed by atoms with van der Waals surface area (Å²) in [6.07, 6.45) is 1.84. The van der Waals surface area contributed by atoms with E-state index in [2.05, 4.69) is 5.32 Å². The molecule has 0 saturated heterocycles. The molecule has 1 rings (SSSR count). The number of hydrogen-bond acceptors (Lipinski definition) is 4. The van der Waals surface area contributed by atoms with E-state index in [4.69, 9.17) is 9.88 Å². The summed E-state index contributed by atoms with van der Waals surface area (Å²) in [5.74, 6) is -0.313. The number of methoxy groups -OCH3 is 1. The van der Waals surface area contributed by atoms with E-state index < -0.39 is 10.0 Å². The minimum absolute atomic E-state index is 0.0810. The molecule has 0 radical (unpaired) electrons. The number of rotatable bonds is 7. The lowest BCUT2D eigenvalue weighted by Gasteiger charge is -2.10. The molecule has 0 atom stereocenters. The van der Waals surface area contributed by atoms with Gasteiger partial charge in [-0.25, -0.2) is 13.6 Å². The van der Waals surface area contributed by atoms with Gasteiger partial charge in [-0.1, -0.05) is 19.4 Å². The molecule has 0 fully saturated rings. The zero-order chi connectivity index (χ0) is 15.2. The Labute approximate surface area is 119 Å². The maximum Gasteiger partial charge on any atom is 0.251 e. The van der Waals surface area contributed by atoms with Crippen molar-refractivity contribution in [3.05, 3.63) is 29.3 Å². The van der Waals surface area contributed by atoms with E-state index in [0.717, 1.165) is 12.8 Å². The molecule has 0 aliphatic rings. The summed E-state index contributed by atoms with van der Waals surface area (Å²) in [7, 11) is -2.44. The van der Waals surface area contributed by atoms with Crippen molar-refractivity contribution in [3.8, 4) is 0 Å². The summed E-state index contributed by atoms with van der Waals surface area (Å²) in [4.78, 5) is 11.8.